The highest BCUT2D eigenvalue weighted by molar-refractivity contribution is 4.77. The van der Waals surface area contributed by atoms with E-state index in [1.807, 2.05) is 5.01 Å². The van der Waals surface area contributed by atoms with E-state index in [1.54, 1.807) is 0 Å². The molecule has 4 nitrogen and oxygen atoms in total. The second-order valence-corrected chi connectivity index (χ2v) is 5.07. The van der Waals surface area contributed by atoms with Gasteiger partial charge in [-0.3, -0.25) is 5.84 Å². The molecule has 0 aromatic carbocycles. The summed E-state index contributed by atoms with van der Waals surface area (Å²) in [5.74, 6) is 6.47. The third-order valence-electron chi connectivity index (χ3n) is 3.78. The number of nitrogens with one attached hydrogen (secondary N) is 1. The average Bonchev–Trinajstić information content (AvgIpc) is 2.30. The lowest BCUT2D eigenvalue weighted by Crippen LogP contribution is -2.44. The lowest BCUT2D eigenvalue weighted by molar-refractivity contribution is -0.00285. The normalized spacial score (nSPS) is 27.4. The predicted molar refractivity (Wildman–Crippen MR) is 62.2 cm³/mol. The highest BCUT2D eigenvalue weighted by Crippen LogP contribution is 2.16. The maximum atomic E-state index is 12.8. The maximum Gasteiger partial charge on any atom is 0.0305 e. The van der Waals surface area contributed by atoms with E-state index in [0.29, 0.717) is 19.1 Å². The number of hydrogen-bond donors (Lipinski definition) is 2. The standard InChI is InChI=1S/C11H23FN4/c12-15-5-3-11(4-6-15)14-9-10-1-7-16(13)8-2-10/h10-11,14H,1-9,13H2. The van der Waals surface area contributed by atoms with Crippen LogP contribution in [0, 0.1) is 5.92 Å². The maximum absolute atomic E-state index is 12.8. The van der Waals surface area contributed by atoms with Gasteiger partial charge < -0.3 is 5.32 Å². The Bertz CT molecular complexity index is 176. The topological polar surface area (TPSA) is 44.5 Å². The van der Waals surface area contributed by atoms with E-state index in [9.17, 15) is 4.48 Å². The first kappa shape index (κ1) is 12.2. The van der Waals surface area contributed by atoms with Crippen LogP contribution in [0.1, 0.15) is 25.7 Å². The van der Waals surface area contributed by atoms with Gasteiger partial charge >= 0.3 is 0 Å². The van der Waals surface area contributed by atoms with E-state index in [2.05, 4.69) is 5.32 Å². The Morgan fingerprint density at radius 3 is 2.31 bits per heavy atom. The molecule has 5 heteroatoms. The molecule has 0 amide bonds. The zero-order valence-electron chi connectivity index (χ0n) is 9.87. The summed E-state index contributed by atoms with van der Waals surface area (Å²) in [4.78, 5) is 0. The van der Waals surface area contributed by atoms with Crippen LogP contribution in [0.15, 0.2) is 0 Å². The number of piperidine rings is 2. The summed E-state index contributed by atoms with van der Waals surface area (Å²) in [5.41, 5.74) is 0. The molecular weight excluding hydrogens is 207 g/mol. The van der Waals surface area contributed by atoms with Crippen LogP contribution in [-0.2, 0) is 0 Å². The van der Waals surface area contributed by atoms with Gasteiger partial charge in [-0.25, -0.2) is 5.01 Å². The quantitative estimate of drug-likeness (QED) is 0.548. The molecule has 0 atom stereocenters. The Kier molecular flexibility index (Phi) is 4.52. The zero-order valence-corrected chi connectivity index (χ0v) is 9.87. The molecule has 2 aliphatic heterocycles. The van der Waals surface area contributed by atoms with E-state index in [1.165, 1.54) is 12.8 Å². The summed E-state index contributed by atoms with van der Waals surface area (Å²) in [6.07, 6.45) is 4.25. The number of nitrogens with two attached hydrogens (primary N) is 1. The van der Waals surface area contributed by atoms with Crippen LogP contribution < -0.4 is 11.2 Å². The fourth-order valence-electron chi connectivity index (χ4n) is 2.54. The van der Waals surface area contributed by atoms with Crippen molar-refractivity contribution in [1.82, 2.24) is 15.4 Å². The molecular formula is C11H23FN4. The van der Waals surface area contributed by atoms with E-state index in [0.717, 1.165) is 43.5 Å². The van der Waals surface area contributed by atoms with E-state index < -0.39 is 0 Å². The Morgan fingerprint density at radius 2 is 1.69 bits per heavy atom. The van der Waals surface area contributed by atoms with Gasteiger partial charge in [-0.15, -0.1) is 9.60 Å². The second kappa shape index (κ2) is 5.91. The predicted octanol–water partition coefficient (Wildman–Crippen LogP) is 0.511. The van der Waals surface area contributed by atoms with Crippen molar-refractivity contribution in [3.8, 4) is 0 Å². The molecule has 2 saturated heterocycles. The fraction of sp³-hybridized carbons (Fsp3) is 1.00. The van der Waals surface area contributed by atoms with Crippen LogP contribution in [0.3, 0.4) is 0 Å². The van der Waals surface area contributed by atoms with Crippen molar-refractivity contribution in [2.75, 3.05) is 32.7 Å². The summed E-state index contributed by atoms with van der Waals surface area (Å²) >= 11 is 0. The van der Waals surface area contributed by atoms with E-state index in [-0.39, 0.29) is 0 Å². The molecule has 0 aromatic heterocycles. The first-order chi connectivity index (χ1) is 7.74. The largest absolute Gasteiger partial charge is 0.314 e. The third-order valence-corrected chi connectivity index (χ3v) is 3.78. The summed E-state index contributed by atoms with van der Waals surface area (Å²) in [6.45, 7) is 4.26. The number of nitrogens with zero attached hydrogens (tertiary/aromatic N) is 2. The lowest BCUT2D eigenvalue weighted by atomic mass is 9.96. The molecule has 0 aromatic rings. The van der Waals surface area contributed by atoms with Gasteiger partial charge in [-0.2, -0.15) is 0 Å². The van der Waals surface area contributed by atoms with Crippen LogP contribution in [0.4, 0.5) is 4.48 Å². The molecule has 0 spiro atoms. The van der Waals surface area contributed by atoms with Crippen LogP contribution >= 0.6 is 0 Å². The molecule has 2 heterocycles. The van der Waals surface area contributed by atoms with Crippen molar-refractivity contribution in [3.05, 3.63) is 0 Å². The van der Waals surface area contributed by atoms with Crippen LogP contribution in [-0.4, -0.2) is 48.9 Å². The molecule has 2 rings (SSSR count). The molecule has 0 saturated carbocycles. The summed E-state index contributed by atoms with van der Waals surface area (Å²) < 4.78 is 12.8. The monoisotopic (exact) mass is 230 g/mol. The Hall–Kier alpha value is -0.230. The van der Waals surface area contributed by atoms with Crippen LogP contribution in [0.2, 0.25) is 0 Å². The van der Waals surface area contributed by atoms with Crippen LogP contribution in [0.5, 0.6) is 0 Å². The second-order valence-electron chi connectivity index (χ2n) is 5.07. The van der Waals surface area contributed by atoms with Crippen molar-refractivity contribution in [2.24, 2.45) is 11.8 Å². The zero-order chi connectivity index (χ0) is 11.4. The van der Waals surface area contributed by atoms with Gasteiger partial charge in [0, 0.05) is 32.2 Å². The van der Waals surface area contributed by atoms with Gasteiger partial charge in [0.2, 0.25) is 0 Å². The SMILES string of the molecule is NN1CCC(CNC2CCN(F)CC2)CC1. The van der Waals surface area contributed by atoms with Gasteiger partial charge in [0.15, 0.2) is 0 Å². The van der Waals surface area contributed by atoms with Crippen molar-refractivity contribution < 1.29 is 4.48 Å². The minimum absolute atomic E-state index is 0.517. The van der Waals surface area contributed by atoms with Crippen LogP contribution in [0.25, 0.3) is 0 Å². The number of hydrazine groups is 1. The van der Waals surface area contributed by atoms with Crippen molar-refractivity contribution in [3.63, 3.8) is 0 Å². The highest BCUT2D eigenvalue weighted by Gasteiger charge is 2.21. The molecule has 0 radical (unpaired) electrons. The minimum Gasteiger partial charge on any atom is -0.314 e. The summed E-state index contributed by atoms with van der Waals surface area (Å²) in [7, 11) is 0. The Balaban J connectivity index is 1.60. The Labute approximate surface area is 96.9 Å². The van der Waals surface area contributed by atoms with Gasteiger partial charge in [-0.05, 0) is 38.1 Å². The highest BCUT2D eigenvalue weighted by atomic mass is 19.2. The van der Waals surface area contributed by atoms with Gasteiger partial charge in [0.05, 0.1) is 0 Å². The average molecular weight is 230 g/mol. The molecule has 16 heavy (non-hydrogen) atoms. The molecule has 0 bridgehead atoms. The van der Waals surface area contributed by atoms with E-state index in [4.69, 9.17) is 5.84 Å². The smallest absolute Gasteiger partial charge is 0.0305 e. The van der Waals surface area contributed by atoms with Crippen molar-refractivity contribution in [2.45, 2.75) is 31.7 Å². The first-order valence-electron chi connectivity index (χ1n) is 6.38. The molecule has 2 fully saturated rings. The summed E-state index contributed by atoms with van der Waals surface area (Å²) in [6, 6.07) is 0.517. The Morgan fingerprint density at radius 1 is 1.06 bits per heavy atom. The van der Waals surface area contributed by atoms with E-state index >= 15 is 0 Å². The molecule has 0 unspecified atom stereocenters. The minimum atomic E-state index is 0.517. The van der Waals surface area contributed by atoms with Gasteiger partial charge in [0.1, 0.15) is 0 Å². The molecule has 94 valence electrons. The number of rotatable bonds is 3. The van der Waals surface area contributed by atoms with Crippen molar-refractivity contribution >= 4 is 0 Å². The molecule has 0 aliphatic carbocycles. The lowest BCUT2D eigenvalue weighted by Gasteiger charge is -2.31. The van der Waals surface area contributed by atoms with Gasteiger partial charge in [0.25, 0.3) is 0 Å². The number of hydrogen-bond acceptors (Lipinski definition) is 4. The van der Waals surface area contributed by atoms with Crippen molar-refractivity contribution in [1.29, 1.82) is 0 Å². The molecule has 2 aliphatic rings. The number of halogens is 1. The first-order valence-corrected chi connectivity index (χ1v) is 6.38. The fourth-order valence-corrected chi connectivity index (χ4v) is 2.54. The summed E-state index contributed by atoms with van der Waals surface area (Å²) in [5, 5.41) is 6.40. The molecule has 3 N–H and O–H groups in total. The van der Waals surface area contributed by atoms with Gasteiger partial charge in [-0.1, -0.05) is 0 Å². The third kappa shape index (κ3) is 3.66.